The smallest absolute Gasteiger partial charge is 0.270 e. The maximum absolute atomic E-state index is 12.6. The molecule has 8 heteroatoms. The van der Waals surface area contributed by atoms with Crippen LogP contribution in [0.3, 0.4) is 0 Å². The van der Waals surface area contributed by atoms with Gasteiger partial charge in [-0.05, 0) is 23.3 Å². The Labute approximate surface area is 171 Å². The van der Waals surface area contributed by atoms with Gasteiger partial charge >= 0.3 is 0 Å². The van der Waals surface area contributed by atoms with Gasteiger partial charge in [-0.1, -0.05) is 30.3 Å². The predicted octanol–water partition coefficient (Wildman–Crippen LogP) is 3.98. The molecule has 0 spiro atoms. The van der Waals surface area contributed by atoms with Crippen LogP contribution in [0.1, 0.15) is 21.5 Å². The Hall–Kier alpha value is -4.20. The number of aromatic amines is 1. The van der Waals surface area contributed by atoms with E-state index in [1.807, 2.05) is 30.3 Å². The number of amides is 1. The average Bonchev–Trinajstić information content (AvgIpc) is 3.20. The first-order valence-electron chi connectivity index (χ1n) is 9.25. The molecule has 2 aromatic carbocycles. The molecule has 0 aliphatic heterocycles. The first-order chi connectivity index (χ1) is 14.6. The number of ether oxygens (including phenoxy) is 1. The monoisotopic (exact) mass is 402 g/mol. The lowest BCUT2D eigenvalue weighted by Gasteiger charge is -2.08. The fraction of sp³-hybridized carbons (Fsp3) is 0.0909. The third-order valence-electron chi connectivity index (χ3n) is 4.60. The molecule has 4 rings (SSSR count). The number of nitrogens with zero attached hydrogens (tertiary/aromatic N) is 2. The third kappa shape index (κ3) is 4.27. The maximum atomic E-state index is 12.6. The Balaban J connectivity index is 1.42. The molecule has 0 radical (unpaired) electrons. The highest BCUT2D eigenvalue weighted by Gasteiger charge is 2.15. The molecule has 0 aliphatic rings. The molecule has 2 heterocycles. The van der Waals surface area contributed by atoms with Gasteiger partial charge in [-0.15, -0.1) is 0 Å². The summed E-state index contributed by atoms with van der Waals surface area (Å²) in [5.41, 5.74) is 2.80. The normalized spacial score (nSPS) is 10.7. The highest BCUT2D eigenvalue weighted by Crippen LogP contribution is 2.23. The number of rotatable bonds is 7. The molecule has 1 amide bonds. The van der Waals surface area contributed by atoms with E-state index in [9.17, 15) is 14.9 Å². The van der Waals surface area contributed by atoms with Gasteiger partial charge in [0.25, 0.3) is 11.6 Å². The van der Waals surface area contributed by atoms with Crippen molar-refractivity contribution in [1.29, 1.82) is 0 Å². The number of nitrogens with one attached hydrogen (secondary N) is 2. The minimum Gasteiger partial charge on any atom is -0.473 e. The van der Waals surface area contributed by atoms with E-state index in [1.54, 1.807) is 30.6 Å². The number of pyridine rings is 1. The number of aromatic nitrogens is 2. The van der Waals surface area contributed by atoms with Crippen molar-refractivity contribution in [3.63, 3.8) is 0 Å². The van der Waals surface area contributed by atoms with Gasteiger partial charge in [-0.2, -0.15) is 0 Å². The van der Waals surface area contributed by atoms with E-state index in [2.05, 4.69) is 15.3 Å². The number of hydrogen-bond acceptors (Lipinski definition) is 5. The summed E-state index contributed by atoms with van der Waals surface area (Å²) < 4.78 is 5.71. The van der Waals surface area contributed by atoms with E-state index in [1.165, 1.54) is 12.1 Å². The maximum Gasteiger partial charge on any atom is 0.270 e. The number of non-ortho nitro benzene ring substituents is 1. The Morgan fingerprint density at radius 2 is 1.93 bits per heavy atom. The van der Waals surface area contributed by atoms with Crippen LogP contribution in [0.4, 0.5) is 5.69 Å². The van der Waals surface area contributed by atoms with Crippen molar-refractivity contribution in [2.45, 2.75) is 13.2 Å². The van der Waals surface area contributed by atoms with Crippen LogP contribution < -0.4 is 10.1 Å². The number of carbonyl (C=O) groups is 1. The first-order valence-corrected chi connectivity index (χ1v) is 9.25. The van der Waals surface area contributed by atoms with E-state index >= 15 is 0 Å². The van der Waals surface area contributed by atoms with Crippen molar-refractivity contribution >= 4 is 22.5 Å². The van der Waals surface area contributed by atoms with Gasteiger partial charge in [0.15, 0.2) is 0 Å². The Morgan fingerprint density at radius 1 is 1.10 bits per heavy atom. The molecule has 0 saturated heterocycles. The number of nitro groups is 1. The number of benzene rings is 2. The topological polar surface area (TPSA) is 110 Å². The van der Waals surface area contributed by atoms with Gasteiger partial charge in [-0.25, -0.2) is 4.98 Å². The first kappa shape index (κ1) is 19.1. The summed E-state index contributed by atoms with van der Waals surface area (Å²) in [4.78, 5) is 30.3. The van der Waals surface area contributed by atoms with Gasteiger partial charge in [0.05, 0.1) is 10.5 Å². The van der Waals surface area contributed by atoms with Crippen LogP contribution in [0.15, 0.2) is 73.1 Å². The predicted molar refractivity (Wildman–Crippen MR) is 111 cm³/mol. The number of carbonyl (C=O) groups excluding carboxylic acids is 1. The molecular weight excluding hydrogens is 384 g/mol. The molecule has 0 bridgehead atoms. The molecule has 8 nitrogen and oxygen atoms in total. The molecule has 2 aromatic heterocycles. The van der Waals surface area contributed by atoms with Crippen molar-refractivity contribution in [2.75, 3.05) is 0 Å². The molecular formula is C22H18N4O4. The lowest BCUT2D eigenvalue weighted by atomic mass is 10.1. The minimum absolute atomic E-state index is 0.0644. The van der Waals surface area contributed by atoms with Crippen LogP contribution in [-0.4, -0.2) is 20.8 Å². The van der Waals surface area contributed by atoms with E-state index in [0.29, 0.717) is 29.0 Å². The molecule has 30 heavy (non-hydrogen) atoms. The van der Waals surface area contributed by atoms with Crippen molar-refractivity contribution < 1.29 is 14.5 Å². The fourth-order valence-corrected chi connectivity index (χ4v) is 3.06. The molecule has 150 valence electrons. The van der Waals surface area contributed by atoms with Gasteiger partial charge < -0.3 is 15.0 Å². The number of hydrogen-bond donors (Lipinski definition) is 2. The summed E-state index contributed by atoms with van der Waals surface area (Å²) >= 11 is 0. The molecule has 0 aliphatic carbocycles. The molecule has 0 atom stereocenters. The van der Waals surface area contributed by atoms with E-state index < -0.39 is 4.92 Å². The van der Waals surface area contributed by atoms with Gasteiger partial charge in [0.2, 0.25) is 5.88 Å². The zero-order valence-corrected chi connectivity index (χ0v) is 15.9. The van der Waals surface area contributed by atoms with E-state index in [-0.39, 0.29) is 18.1 Å². The summed E-state index contributed by atoms with van der Waals surface area (Å²) in [5, 5.41) is 14.3. The molecule has 0 saturated carbocycles. The van der Waals surface area contributed by atoms with Crippen molar-refractivity contribution in [1.82, 2.24) is 15.3 Å². The molecule has 4 aromatic rings. The summed E-state index contributed by atoms with van der Waals surface area (Å²) in [6, 6.07) is 17.7. The molecule has 2 N–H and O–H groups in total. The lowest BCUT2D eigenvalue weighted by Crippen LogP contribution is -2.22. The average molecular weight is 402 g/mol. The number of nitro benzene ring substituents is 1. The second-order valence-electron chi connectivity index (χ2n) is 6.65. The van der Waals surface area contributed by atoms with Gasteiger partial charge in [-0.3, -0.25) is 14.9 Å². The van der Waals surface area contributed by atoms with Crippen LogP contribution in [-0.2, 0) is 13.2 Å². The SMILES string of the molecule is O=C(NCc1ccnc(OCc2ccccc2)c1)c1c[nH]c2ccc([N+](=O)[O-])cc12. The van der Waals surface area contributed by atoms with Crippen molar-refractivity contribution in [3.05, 3.63) is 99.9 Å². The zero-order valence-electron chi connectivity index (χ0n) is 15.9. The van der Waals surface area contributed by atoms with Crippen LogP contribution in [0.25, 0.3) is 10.9 Å². The summed E-state index contributed by atoms with van der Waals surface area (Å²) in [7, 11) is 0. The number of fused-ring (bicyclic) bond motifs is 1. The number of H-pyrrole nitrogens is 1. The second-order valence-corrected chi connectivity index (χ2v) is 6.65. The largest absolute Gasteiger partial charge is 0.473 e. The van der Waals surface area contributed by atoms with Crippen LogP contribution in [0, 0.1) is 10.1 Å². The minimum atomic E-state index is -0.484. The van der Waals surface area contributed by atoms with Crippen LogP contribution in [0.5, 0.6) is 5.88 Å². The van der Waals surface area contributed by atoms with E-state index in [4.69, 9.17) is 4.74 Å². The van der Waals surface area contributed by atoms with Gasteiger partial charge in [0.1, 0.15) is 6.61 Å². The fourth-order valence-electron chi connectivity index (χ4n) is 3.06. The van der Waals surface area contributed by atoms with Crippen molar-refractivity contribution in [2.24, 2.45) is 0 Å². The lowest BCUT2D eigenvalue weighted by molar-refractivity contribution is -0.384. The Morgan fingerprint density at radius 3 is 2.73 bits per heavy atom. The zero-order chi connectivity index (χ0) is 20.9. The summed E-state index contributed by atoms with van der Waals surface area (Å²) in [6.45, 7) is 0.669. The Kier molecular flexibility index (Phi) is 5.38. The highest BCUT2D eigenvalue weighted by molar-refractivity contribution is 6.07. The second kappa shape index (κ2) is 8.44. The molecule has 0 fully saturated rings. The van der Waals surface area contributed by atoms with Gasteiger partial charge in [0, 0.05) is 48.0 Å². The summed E-state index contributed by atoms with van der Waals surface area (Å²) in [6.07, 6.45) is 3.17. The van der Waals surface area contributed by atoms with E-state index in [0.717, 1.165) is 11.1 Å². The molecule has 0 unspecified atom stereocenters. The van der Waals surface area contributed by atoms with Crippen LogP contribution >= 0.6 is 0 Å². The Bertz CT molecular complexity index is 1200. The van der Waals surface area contributed by atoms with Crippen LogP contribution in [0.2, 0.25) is 0 Å². The highest BCUT2D eigenvalue weighted by atomic mass is 16.6. The van der Waals surface area contributed by atoms with Crippen molar-refractivity contribution in [3.8, 4) is 5.88 Å². The standard InChI is InChI=1S/C22H18N4O4/c27-22(19-13-24-20-7-6-17(26(28)29)11-18(19)20)25-12-16-8-9-23-21(10-16)30-14-15-4-2-1-3-5-15/h1-11,13,24H,12,14H2,(H,25,27). The third-order valence-corrected chi connectivity index (χ3v) is 4.60. The quantitative estimate of drug-likeness (QED) is 0.359. The summed E-state index contributed by atoms with van der Waals surface area (Å²) in [5.74, 6) is 0.138.